The molecule has 0 saturated heterocycles. The predicted octanol–water partition coefficient (Wildman–Crippen LogP) is 1.74. The molecular weight excluding hydrogens is 204 g/mol. The van der Waals surface area contributed by atoms with Crippen LogP contribution in [0.15, 0.2) is 34.9 Å². The van der Waals surface area contributed by atoms with Crippen molar-refractivity contribution in [3.8, 4) is 6.07 Å². The highest BCUT2D eigenvalue weighted by Crippen LogP contribution is 2.13. The van der Waals surface area contributed by atoms with Crippen LogP contribution in [-0.2, 0) is 6.54 Å². The third kappa shape index (κ3) is 2.12. The lowest BCUT2D eigenvalue weighted by molar-refractivity contribution is 0.518. The fourth-order valence-electron chi connectivity index (χ4n) is 1.25. The molecule has 0 aliphatic rings. The maximum atomic E-state index is 8.76. The molecule has 80 valence electrons. The van der Waals surface area contributed by atoms with Crippen molar-refractivity contribution in [2.45, 2.75) is 6.54 Å². The van der Waals surface area contributed by atoms with Gasteiger partial charge in [-0.3, -0.25) is 0 Å². The predicted molar refractivity (Wildman–Crippen MR) is 59.4 cm³/mol. The highest BCUT2D eigenvalue weighted by Gasteiger charge is 2.02. The Morgan fingerprint density at radius 2 is 2.31 bits per heavy atom. The van der Waals surface area contributed by atoms with Crippen LogP contribution in [0.3, 0.4) is 0 Å². The van der Waals surface area contributed by atoms with Crippen LogP contribution in [0.5, 0.6) is 0 Å². The van der Waals surface area contributed by atoms with Crippen LogP contribution in [-0.4, -0.2) is 4.98 Å². The molecule has 2 heterocycles. The molecule has 0 radical (unpaired) electrons. The van der Waals surface area contributed by atoms with Gasteiger partial charge in [0, 0.05) is 0 Å². The van der Waals surface area contributed by atoms with Crippen molar-refractivity contribution in [1.29, 1.82) is 5.26 Å². The molecular formula is C11H10N4O. The zero-order valence-corrected chi connectivity index (χ0v) is 8.47. The molecule has 5 nitrogen and oxygen atoms in total. The molecule has 0 aliphatic carbocycles. The summed E-state index contributed by atoms with van der Waals surface area (Å²) >= 11 is 0. The highest BCUT2D eigenvalue weighted by atomic mass is 16.3. The molecule has 0 fully saturated rings. The van der Waals surface area contributed by atoms with E-state index in [0.717, 1.165) is 5.76 Å². The van der Waals surface area contributed by atoms with Gasteiger partial charge in [0.15, 0.2) is 5.69 Å². The normalized spacial score (nSPS) is 9.69. The smallest absolute Gasteiger partial charge is 0.165 e. The molecule has 0 bridgehead atoms. The third-order valence-electron chi connectivity index (χ3n) is 2.06. The second-order valence-corrected chi connectivity index (χ2v) is 3.18. The summed E-state index contributed by atoms with van der Waals surface area (Å²) in [5, 5.41) is 11.8. The first-order valence-electron chi connectivity index (χ1n) is 4.72. The van der Waals surface area contributed by atoms with Crippen LogP contribution in [0, 0.1) is 11.3 Å². The van der Waals surface area contributed by atoms with E-state index in [-0.39, 0.29) is 5.69 Å². The van der Waals surface area contributed by atoms with E-state index in [2.05, 4.69) is 10.3 Å². The Labute approximate surface area is 92.5 Å². The molecule has 16 heavy (non-hydrogen) atoms. The fraction of sp³-hybridized carbons (Fsp3) is 0.0909. The molecule has 2 aromatic heterocycles. The van der Waals surface area contributed by atoms with Crippen LogP contribution in [0.1, 0.15) is 11.5 Å². The van der Waals surface area contributed by atoms with Crippen LogP contribution in [0.4, 0.5) is 11.5 Å². The van der Waals surface area contributed by atoms with E-state index in [1.807, 2.05) is 18.2 Å². The minimum Gasteiger partial charge on any atom is -0.467 e. The van der Waals surface area contributed by atoms with Gasteiger partial charge in [0.2, 0.25) is 0 Å². The van der Waals surface area contributed by atoms with E-state index in [4.69, 9.17) is 15.4 Å². The van der Waals surface area contributed by atoms with Gasteiger partial charge in [-0.1, -0.05) is 0 Å². The first-order chi connectivity index (χ1) is 7.79. The number of nitrogens with zero attached hydrogens (tertiary/aromatic N) is 2. The molecule has 0 unspecified atom stereocenters. The SMILES string of the molecule is N#Cc1nc(NCc2ccco2)ccc1N. The van der Waals surface area contributed by atoms with E-state index < -0.39 is 0 Å². The topological polar surface area (TPSA) is 87.9 Å². The standard InChI is InChI=1S/C11H10N4O/c12-6-10-9(13)3-4-11(15-10)14-7-8-2-1-5-16-8/h1-5H,7,13H2,(H,14,15). The van der Waals surface area contributed by atoms with Crippen LogP contribution >= 0.6 is 0 Å². The quantitative estimate of drug-likeness (QED) is 0.812. The second kappa shape index (κ2) is 4.36. The molecule has 0 aliphatic heterocycles. The molecule has 2 rings (SSSR count). The largest absolute Gasteiger partial charge is 0.467 e. The lowest BCUT2D eigenvalue weighted by Crippen LogP contribution is -2.02. The number of rotatable bonds is 3. The van der Waals surface area contributed by atoms with Crippen molar-refractivity contribution in [3.63, 3.8) is 0 Å². The molecule has 3 N–H and O–H groups in total. The summed E-state index contributed by atoms with van der Waals surface area (Å²) in [7, 11) is 0. The molecule has 2 aromatic rings. The van der Waals surface area contributed by atoms with Crippen molar-refractivity contribution in [2.75, 3.05) is 11.1 Å². The third-order valence-corrected chi connectivity index (χ3v) is 2.06. The first-order valence-corrected chi connectivity index (χ1v) is 4.72. The van der Waals surface area contributed by atoms with Gasteiger partial charge in [0.05, 0.1) is 18.5 Å². The summed E-state index contributed by atoms with van der Waals surface area (Å²) in [6, 6.07) is 8.97. The monoisotopic (exact) mass is 214 g/mol. The molecule has 5 heteroatoms. The van der Waals surface area contributed by atoms with E-state index >= 15 is 0 Å². The van der Waals surface area contributed by atoms with Gasteiger partial charge in [-0.25, -0.2) is 4.98 Å². The Bertz CT molecular complexity index is 513. The second-order valence-electron chi connectivity index (χ2n) is 3.18. The van der Waals surface area contributed by atoms with Gasteiger partial charge < -0.3 is 15.5 Å². The van der Waals surface area contributed by atoms with Crippen molar-refractivity contribution in [3.05, 3.63) is 42.0 Å². The number of furan rings is 1. The average molecular weight is 214 g/mol. The minimum absolute atomic E-state index is 0.226. The maximum Gasteiger partial charge on any atom is 0.165 e. The highest BCUT2D eigenvalue weighted by molar-refractivity contribution is 5.54. The number of nitrogens with two attached hydrogens (primary N) is 1. The maximum absolute atomic E-state index is 8.76. The lowest BCUT2D eigenvalue weighted by Gasteiger charge is -2.04. The van der Waals surface area contributed by atoms with Crippen molar-refractivity contribution in [1.82, 2.24) is 4.98 Å². The summed E-state index contributed by atoms with van der Waals surface area (Å²) in [5.74, 6) is 1.40. The Morgan fingerprint density at radius 1 is 1.44 bits per heavy atom. The van der Waals surface area contributed by atoms with Crippen LogP contribution in [0.25, 0.3) is 0 Å². The number of hydrogen-bond acceptors (Lipinski definition) is 5. The van der Waals surface area contributed by atoms with Gasteiger partial charge in [0.1, 0.15) is 17.6 Å². The van der Waals surface area contributed by atoms with Crippen molar-refractivity contribution >= 4 is 11.5 Å². The number of anilines is 2. The minimum atomic E-state index is 0.226. The average Bonchev–Trinajstić information content (AvgIpc) is 2.81. The Hall–Kier alpha value is -2.48. The number of nitriles is 1. The first kappa shape index (κ1) is 10.1. The van der Waals surface area contributed by atoms with Gasteiger partial charge in [-0.15, -0.1) is 0 Å². The summed E-state index contributed by atoms with van der Waals surface area (Å²) in [4.78, 5) is 4.05. The van der Waals surface area contributed by atoms with Gasteiger partial charge in [0.25, 0.3) is 0 Å². The van der Waals surface area contributed by atoms with Gasteiger partial charge in [-0.05, 0) is 24.3 Å². The van der Waals surface area contributed by atoms with Crippen LogP contribution in [0.2, 0.25) is 0 Å². The Kier molecular flexibility index (Phi) is 2.74. The molecule has 0 atom stereocenters. The Morgan fingerprint density at radius 3 is 3.00 bits per heavy atom. The fourth-order valence-corrected chi connectivity index (χ4v) is 1.25. The van der Waals surface area contributed by atoms with Crippen molar-refractivity contribution in [2.24, 2.45) is 0 Å². The molecule has 0 spiro atoms. The van der Waals surface area contributed by atoms with Gasteiger partial charge >= 0.3 is 0 Å². The lowest BCUT2D eigenvalue weighted by atomic mass is 10.3. The number of nitrogens with one attached hydrogen (secondary N) is 1. The molecule has 0 amide bonds. The van der Waals surface area contributed by atoms with E-state index in [1.54, 1.807) is 18.4 Å². The number of nitrogen functional groups attached to an aromatic ring is 1. The van der Waals surface area contributed by atoms with E-state index in [9.17, 15) is 0 Å². The zero-order valence-electron chi connectivity index (χ0n) is 8.47. The number of aromatic nitrogens is 1. The van der Waals surface area contributed by atoms with Crippen molar-refractivity contribution < 1.29 is 4.42 Å². The molecule has 0 aromatic carbocycles. The van der Waals surface area contributed by atoms with Gasteiger partial charge in [-0.2, -0.15) is 5.26 Å². The summed E-state index contributed by atoms with van der Waals surface area (Å²) < 4.78 is 5.16. The molecule has 0 saturated carbocycles. The van der Waals surface area contributed by atoms with E-state index in [1.165, 1.54) is 0 Å². The summed E-state index contributed by atoms with van der Waals surface area (Å²) in [6.45, 7) is 0.523. The van der Waals surface area contributed by atoms with E-state index in [0.29, 0.717) is 18.1 Å². The number of hydrogen-bond donors (Lipinski definition) is 2. The zero-order chi connectivity index (χ0) is 11.4. The van der Waals surface area contributed by atoms with Crippen LogP contribution < -0.4 is 11.1 Å². The number of pyridine rings is 1. The summed E-state index contributed by atoms with van der Waals surface area (Å²) in [6.07, 6.45) is 1.61. The Balaban J connectivity index is 2.08. The summed E-state index contributed by atoms with van der Waals surface area (Å²) in [5.41, 5.74) is 6.17.